The number of methoxy groups -OCH3 is 2. The van der Waals surface area contributed by atoms with Crippen molar-refractivity contribution in [1.82, 2.24) is 48.8 Å². The van der Waals surface area contributed by atoms with Gasteiger partial charge in [0, 0.05) is 85.0 Å². The zero-order valence-electron chi connectivity index (χ0n) is 48.6. The fourth-order valence-corrected chi connectivity index (χ4v) is 11.4. The molecule has 4 aromatic carbocycles. The molecule has 4 atom stereocenters. The van der Waals surface area contributed by atoms with Gasteiger partial charge in [0.05, 0.1) is 63.3 Å². The Labute approximate surface area is 500 Å². The molecule has 0 saturated carbocycles. The molecule has 4 aromatic heterocycles. The minimum absolute atomic E-state index is 0.0468. The van der Waals surface area contributed by atoms with E-state index in [0.29, 0.717) is 69.2 Å². The van der Waals surface area contributed by atoms with Gasteiger partial charge in [-0.3, -0.25) is 19.4 Å². The van der Waals surface area contributed by atoms with Gasteiger partial charge >= 0.3 is 24.4 Å². The van der Waals surface area contributed by atoms with Crippen LogP contribution in [0.15, 0.2) is 109 Å². The predicted molar refractivity (Wildman–Crippen MR) is 313 cm³/mol. The number of alkyl halides is 6. The number of amides is 6. The van der Waals surface area contributed by atoms with Gasteiger partial charge < -0.3 is 51.6 Å². The van der Waals surface area contributed by atoms with Gasteiger partial charge in [0.15, 0.2) is 22.7 Å². The van der Waals surface area contributed by atoms with Crippen LogP contribution >= 0.6 is 0 Å². The van der Waals surface area contributed by atoms with Crippen LogP contribution in [0.2, 0.25) is 0 Å². The highest BCUT2D eigenvalue weighted by Crippen LogP contribution is 2.40. The number of anilines is 2. The minimum Gasteiger partial charge on any atom is -0.497 e. The molecule has 2 aliphatic heterocycles. The minimum atomic E-state index is -4.76. The molecule has 2 aliphatic rings. The number of aliphatic hydroxyl groups excluding tert-OH is 2. The summed E-state index contributed by atoms with van der Waals surface area (Å²) in [6, 6.07) is 23.9. The fourth-order valence-electron chi connectivity index (χ4n) is 11.4. The zero-order chi connectivity index (χ0) is 63.5. The van der Waals surface area contributed by atoms with Crippen LogP contribution in [-0.2, 0) is 12.4 Å². The Morgan fingerprint density at radius 1 is 0.591 bits per heavy atom. The highest BCUT2D eigenvalue weighted by molar-refractivity contribution is 6.01. The second-order valence-corrected chi connectivity index (χ2v) is 21.2. The quantitative estimate of drug-likeness (QED) is 0.0560. The molecule has 10 rings (SSSR count). The Morgan fingerprint density at radius 2 is 0.955 bits per heavy atom. The molecule has 0 spiro atoms. The first-order valence-electron chi connectivity index (χ1n) is 27.7. The predicted octanol–water partition coefficient (Wildman–Crippen LogP) is 8.21. The van der Waals surface area contributed by atoms with E-state index in [9.17, 15) is 55.7 Å². The summed E-state index contributed by atoms with van der Waals surface area (Å²) in [5.41, 5.74) is 11.2. The van der Waals surface area contributed by atoms with E-state index in [1.807, 2.05) is 35.8 Å². The highest BCUT2D eigenvalue weighted by atomic mass is 19.4. The molecule has 2 fully saturated rings. The lowest BCUT2D eigenvalue weighted by atomic mass is 10.0. The fraction of sp³-hybridized carbons (Fsp3) is 0.333. The van der Waals surface area contributed by atoms with Gasteiger partial charge in [-0.05, 0) is 112 Å². The van der Waals surface area contributed by atoms with Crippen molar-refractivity contribution in [2.24, 2.45) is 11.5 Å². The van der Waals surface area contributed by atoms with Crippen molar-refractivity contribution < 1.29 is 65.2 Å². The van der Waals surface area contributed by atoms with E-state index in [1.54, 1.807) is 94.7 Å². The van der Waals surface area contributed by atoms with Crippen LogP contribution in [0.1, 0.15) is 80.3 Å². The average molecular weight is 1220 g/mol. The van der Waals surface area contributed by atoms with E-state index >= 15 is 0 Å². The van der Waals surface area contributed by atoms with Crippen LogP contribution in [0, 0.1) is 13.8 Å². The summed E-state index contributed by atoms with van der Waals surface area (Å²) in [4.78, 5) is 66.5. The number of nitrogens with one attached hydrogen (secondary N) is 2. The molecule has 6 amide bonds. The standard InChI is InChI=1S/2C30H32F3N7O4/c2*1-17-15-38(24(16-41)20-5-4-6-21(13-20)36-29(34)43)11-12-39(17)28(42)23-14-35-40-26(30(31,32)33)18(2)25(37-27(23)40)19-7-9-22(44-3)10-8-19/h2*4-10,13-14,17,24,41H,11-12,15-16H2,1-3H3,(H3,34,36,43)/t17-,24+;17-,24-/m11/s1. The van der Waals surface area contributed by atoms with Gasteiger partial charge in [-0.15, -0.1) is 0 Å². The molecule has 6 heterocycles. The van der Waals surface area contributed by atoms with E-state index in [1.165, 1.54) is 28.1 Å². The number of fused-ring (bicyclic) bond motifs is 2. The van der Waals surface area contributed by atoms with Crippen molar-refractivity contribution >= 4 is 46.5 Å². The number of nitrogens with two attached hydrogens (primary N) is 2. The third kappa shape index (κ3) is 13.1. The van der Waals surface area contributed by atoms with Crippen LogP contribution in [0.4, 0.5) is 47.3 Å². The van der Waals surface area contributed by atoms with Gasteiger partial charge in [0.2, 0.25) is 0 Å². The van der Waals surface area contributed by atoms with Gasteiger partial charge in [-0.1, -0.05) is 24.3 Å². The maximum absolute atomic E-state index is 14.3. The lowest BCUT2D eigenvalue weighted by Crippen LogP contribution is -2.55. The SMILES string of the molecule is COc1ccc(-c2nc3c(C(=O)N4CCN([C@@H](CO)c5cccc(NC(N)=O)c5)C[C@H]4C)cnn3c(C(F)(F)F)c2C)cc1.COc1ccc(-c2nc3c(C(=O)N4CCN([C@H](CO)c5cccc(NC(N)=O)c5)C[C@H]4C)cnn3c(C(F)(F)F)c2C)cc1. The van der Waals surface area contributed by atoms with Crippen LogP contribution in [0.5, 0.6) is 11.5 Å². The second kappa shape index (κ2) is 25.9. The van der Waals surface area contributed by atoms with E-state index in [4.69, 9.17) is 20.9 Å². The number of carbonyl (C=O) groups is 4. The van der Waals surface area contributed by atoms with E-state index in [2.05, 4.69) is 30.8 Å². The lowest BCUT2D eigenvalue weighted by Gasteiger charge is -2.43. The molecule has 88 heavy (non-hydrogen) atoms. The topological polar surface area (TPSA) is 277 Å². The van der Waals surface area contributed by atoms with Crippen LogP contribution in [0.3, 0.4) is 0 Å². The summed E-state index contributed by atoms with van der Waals surface area (Å²) in [6.45, 7) is 7.89. The molecule has 28 heteroatoms. The van der Waals surface area contributed by atoms with Crippen molar-refractivity contribution in [3.63, 3.8) is 0 Å². The van der Waals surface area contributed by atoms with E-state index < -0.39 is 59.7 Å². The number of aromatic nitrogens is 6. The smallest absolute Gasteiger partial charge is 0.433 e. The van der Waals surface area contributed by atoms with Crippen molar-refractivity contribution in [2.45, 2.75) is 64.2 Å². The van der Waals surface area contributed by atoms with Crippen molar-refractivity contribution in [2.75, 3.05) is 77.3 Å². The van der Waals surface area contributed by atoms with Crippen LogP contribution in [0.25, 0.3) is 33.8 Å². The molecule has 0 aliphatic carbocycles. The summed E-state index contributed by atoms with van der Waals surface area (Å²) in [5.74, 6) is 0.0849. The Bertz CT molecular complexity index is 3630. The monoisotopic (exact) mass is 1220 g/mol. The Morgan fingerprint density at radius 3 is 1.26 bits per heavy atom. The Kier molecular flexibility index (Phi) is 18.6. The first-order valence-corrected chi connectivity index (χ1v) is 27.7. The van der Waals surface area contributed by atoms with Crippen LogP contribution < -0.4 is 31.6 Å². The molecule has 2 saturated heterocycles. The van der Waals surface area contributed by atoms with E-state index in [0.717, 1.165) is 23.5 Å². The second-order valence-electron chi connectivity index (χ2n) is 21.2. The van der Waals surface area contributed by atoms with Crippen molar-refractivity contribution in [3.05, 3.63) is 154 Å². The highest BCUT2D eigenvalue weighted by Gasteiger charge is 2.42. The normalized spacial score (nSPS) is 16.6. The maximum atomic E-state index is 14.3. The van der Waals surface area contributed by atoms with Crippen LogP contribution in [-0.4, -0.2) is 162 Å². The first-order chi connectivity index (χ1) is 41.8. The molecule has 8 N–H and O–H groups in total. The largest absolute Gasteiger partial charge is 0.497 e. The number of hydrogen-bond donors (Lipinski definition) is 6. The van der Waals surface area contributed by atoms with Gasteiger partial charge in [0.1, 0.15) is 22.6 Å². The number of ether oxygens (including phenoxy) is 2. The number of halogens is 6. The first kappa shape index (κ1) is 63.1. The van der Waals surface area contributed by atoms with Crippen molar-refractivity contribution in [1.29, 1.82) is 0 Å². The summed E-state index contributed by atoms with van der Waals surface area (Å²) in [6.07, 6.45) is -7.27. The number of hydrogen-bond acceptors (Lipinski definition) is 14. The molecule has 464 valence electrons. The number of urea groups is 2. The number of benzene rings is 4. The van der Waals surface area contributed by atoms with E-state index in [-0.39, 0.29) is 83.3 Å². The third-order valence-electron chi connectivity index (χ3n) is 15.6. The molecular formula is C60H64F6N14O8. The molecule has 0 unspecified atom stereocenters. The van der Waals surface area contributed by atoms with Gasteiger partial charge in [0.25, 0.3) is 11.8 Å². The molecular weight excluding hydrogens is 1160 g/mol. The molecule has 0 radical (unpaired) electrons. The average Bonchev–Trinajstić information content (AvgIpc) is 1.61. The lowest BCUT2D eigenvalue weighted by molar-refractivity contribution is -0.144. The number of carbonyl (C=O) groups excluding carboxylic acids is 4. The number of rotatable bonds is 14. The third-order valence-corrected chi connectivity index (χ3v) is 15.6. The summed E-state index contributed by atoms with van der Waals surface area (Å²) >= 11 is 0. The van der Waals surface area contributed by atoms with Crippen molar-refractivity contribution in [3.8, 4) is 34.0 Å². The Hall–Kier alpha value is -9.38. The summed E-state index contributed by atoms with van der Waals surface area (Å²) in [5, 5.41) is 33.4. The molecule has 0 bridgehead atoms. The molecule has 8 aromatic rings. The maximum Gasteiger partial charge on any atom is 0.433 e. The van der Waals surface area contributed by atoms with Gasteiger partial charge in [-0.2, -0.15) is 36.5 Å². The summed E-state index contributed by atoms with van der Waals surface area (Å²) < 4.78 is 97.8. The Balaban J connectivity index is 0.000000209. The van der Waals surface area contributed by atoms with Gasteiger partial charge in [-0.25, -0.2) is 28.6 Å². The number of aliphatic hydroxyl groups is 2. The number of nitrogens with zero attached hydrogens (tertiary/aromatic N) is 10. The zero-order valence-corrected chi connectivity index (χ0v) is 48.6. The summed E-state index contributed by atoms with van der Waals surface area (Å²) in [7, 11) is 2.98. The number of primary amides is 2. The molecule has 22 nitrogen and oxygen atoms in total. The number of piperazine rings is 2.